The average Bonchev–Trinajstić information content (AvgIpc) is 2.98. The van der Waals surface area contributed by atoms with Crippen molar-refractivity contribution in [1.29, 1.82) is 5.26 Å². The van der Waals surface area contributed by atoms with Crippen molar-refractivity contribution in [3.05, 3.63) is 22.4 Å². The van der Waals surface area contributed by atoms with Gasteiger partial charge in [0, 0.05) is 11.4 Å². The quantitative estimate of drug-likeness (QED) is 0.867. The van der Waals surface area contributed by atoms with Crippen molar-refractivity contribution < 1.29 is 0 Å². The van der Waals surface area contributed by atoms with Crippen molar-refractivity contribution in [3.8, 4) is 6.07 Å². The Bertz CT molecular complexity index is 360. The van der Waals surface area contributed by atoms with E-state index in [0.717, 1.165) is 6.54 Å². The number of nitriles is 1. The molecule has 1 aliphatic carbocycles. The Hall–Kier alpha value is -0.850. The van der Waals surface area contributed by atoms with Crippen molar-refractivity contribution >= 4 is 11.3 Å². The zero-order valence-corrected chi connectivity index (χ0v) is 10.5. The van der Waals surface area contributed by atoms with E-state index in [4.69, 9.17) is 0 Å². The highest BCUT2D eigenvalue weighted by Crippen LogP contribution is 2.33. The first kappa shape index (κ1) is 11.6. The van der Waals surface area contributed by atoms with Gasteiger partial charge < -0.3 is 0 Å². The maximum absolute atomic E-state index is 9.37. The highest BCUT2D eigenvalue weighted by atomic mass is 32.1. The fourth-order valence-electron chi connectivity index (χ4n) is 2.46. The second-order valence-electron chi connectivity index (χ2n) is 4.73. The van der Waals surface area contributed by atoms with Crippen LogP contribution >= 0.6 is 11.3 Å². The smallest absolute Gasteiger partial charge is 0.107 e. The highest BCUT2D eigenvalue weighted by Gasteiger charge is 2.35. The number of rotatable bonds is 4. The molecule has 0 radical (unpaired) electrons. The van der Waals surface area contributed by atoms with Crippen LogP contribution in [0.15, 0.2) is 17.5 Å². The Morgan fingerprint density at radius 3 is 2.88 bits per heavy atom. The molecule has 3 heteroatoms. The van der Waals surface area contributed by atoms with Crippen LogP contribution in [0.3, 0.4) is 0 Å². The van der Waals surface area contributed by atoms with E-state index in [9.17, 15) is 5.26 Å². The van der Waals surface area contributed by atoms with Gasteiger partial charge in [-0.2, -0.15) is 5.26 Å². The molecule has 1 unspecified atom stereocenters. The van der Waals surface area contributed by atoms with Crippen molar-refractivity contribution in [3.63, 3.8) is 0 Å². The van der Waals surface area contributed by atoms with Gasteiger partial charge in [0.2, 0.25) is 0 Å². The van der Waals surface area contributed by atoms with E-state index in [1.54, 1.807) is 11.3 Å². The summed E-state index contributed by atoms with van der Waals surface area (Å²) in [6.07, 6.45) is 4.95. The molecule has 1 aliphatic rings. The second-order valence-corrected chi connectivity index (χ2v) is 5.76. The molecule has 1 saturated carbocycles. The lowest BCUT2D eigenvalue weighted by atomic mass is 9.85. The van der Waals surface area contributed by atoms with Gasteiger partial charge >= 0.3 is 0 Å². The van der Waals surface area contributed by atoms with Crippen LogP contribution in [-0.2, 0) is 6.54 Å². The van der Waals surface area contributed by atoms with E-state index < -0.39 is 0 Å². The Morgan fingerprint density at radius 1 is 1.56 bits per heavy atom. The molecule has 0 aromatic carbocycles. The van der Waals surface area contributed by atoms with E-state index in [0.29, 0.717) is 5.92 Å². The van der Waals surface area contributed by atoms with Crippen LogP contribution in [0.2, 0.25) is 0 Å². The molecule has 1 N–H and O–H groups in total. The van der Waals surface area contributed by atoms with Gasteiger partial charge in [-0.05, 0) is 37.1 Å². The Labute approximate surface area is 101 Å². The van der Waals surface area contributed by atoms with Gasteiger partial charge in [-0.3, -0.25) is 5.32 Å². The minimum Gasteiger partial charge on any atom is -0.294 e. The van der Waals surface area contributed by atoms with Crippen LogP contribution in [0.5, 0.6) is 0 Å². The number of nitrogens with one attached hydrogen (secondary N) is 1. The minimum absolute atomic E-state index is 0.347. The molecule has 1 aromatic rings. The van der Waals surface area contributed by atoms with Gasteiger partial charge in [0.05, 0.1) is 6.07 Å². The molecule has 0 amide bonds. The van der Waals surface area contributed by atoms with Gasteiger partial charge in [-0.1, -0.05) is 18.9 Å². The maximum Gasteiger partial charge on any atom is 0.107 e. The first-order valence-electron chi connectivity index (χ1n) is 5.93. The summed E-state index contributed by atoms with van der Waals surface area (Å²) in [5, 5.41) is 14.9. The van der Waals surface area contributed by atoms with Gasteiger partial charge in [0.1, 0.15) is 5.54 Å². The summed E-state index contributed by atoms with van der Waals surface area (Å²) in [6.45, 7) is 2.87. The summed E-state index contributed by atoms with van der Waals surface area (Å²) in [7, 11) is 0. The predicted molar refractivity (Wildman–Crippen MR) is 67.1 cm³/mol. The third-order valence-electron chi connectivity index (χ3n) is 3.61. The molecule has 2 nitrogen and oxygen atoms in total. The van der Waals surface area contributed by atoms with E-state index in [2.05, 4.69) is 35.8 Å². The lowest BCUT2D eigenvalue weighted by Crippen LogP contribution is -2.46. The largest absolute Gasteiger partial charge is 0.294 e. The summed E-state index contributed by atoms with van der Waals surface area (Å²) in [6, 6.07) is 6.65. The van der Waals surface area contributed by atoms with E-state index >= 15 is 0 Å². The predicted octanol–water partition coefficient (Wildman–Crippen LogP) is 3.31. The van der Waals surface area contributed by atoms with Crippen molar-refractivity contribution in [2.75, 3.05) is 0 Å². The zero-order chi connectivity index (χ0) is 11.4. The van der Waals surface area contributed by atoms with Gasteiger partial charge in [0.25, 0.3) is 0 Å². The fraction of sp³-hybridized carbons (Fsp3) is 0.615. The van der Waals surface area contributed by atoms with Crippen molar-refractivity contribution in [2.24, 2.45) is 5.92 Å². The van der Waals surface area contributed by atoms with Crippen LogP contribution in [-0.4, -0.2) is 5.54 Å². The topological polar surface area (TPSA) is 35.8 Å². The highest BCUT2D eigenvalue weighted by molar-refractivity contribution is 7.09. The molecule has 0 bridgehead atoms. The molecule has 16 heavy (non-hydrogen) atoms. The number of hydrogen-bond acceptors (Lipinski definition) is 3. The van der Waals surface area contributed by atoms with Gasteiger partial charge in [-0.15, -0.1) is 11.3 Å². The van der Waals surface area contributed by atoms with E-state index in [1.165, 1.54) is 30.6 Å². The third kappa shape index (κ3) is 2.45. The number of thiophene rings is 1. The normalized spacial score (nSPS) is 20.5. The van der Waals surface area contributed by atoms with Crippen LogP contribution in [0, 0.1) is 17.2 Å². The summed E-state index contributed by atoms with van der Waals surface area (Å²) in [4.78, 5) is 1.31. The van der Waals surface area contributed by atoms with Crippen LogP contribution in [0.1, 0.15) is 37.5 Å². The second kappa shape index (κ2) is 4.99. The Balaban J connectivity index is 1.96. The molecule has 1 atom stereocenters. The number of hydrogen-bond donors (Lipinski definition) is 1. The van der Waals surface area contributed by atoms with Crippen molar-refractivity contribution in [2.45, 2.75) is 44.7 Å². The Kier molecular flexibility index (Phi) is 3.63. The molecule has 86 valence electrons. The standard InChI is InChI=1S/C13H18N2S/c1-13(10-14,11-5-2-3-6-11)15-9-12-7-4-8-16-12/h4,7-8,11,15H,2-3,5-6,9H2,1H3. The monoisotopic (exact) mass is 234 g/mol. The molecule has 1 aromatic heterocycles. The summed E-state index contributed by atoms with van der Waals surface area (Å²) in [5.74, 6) is 0.525. The van der Waals surface area contributed by atoms with Gasteiger partial charge in [0.15, 0.2) is 0 Å². The minimum atomic E-state index is -0.347. The third-order valence-corrected chi connectivity index (χ3v) is 4.49. The number of nitrogens with zero attached hydrogens (tertiary/aromatic N) is 1. The van der Waals surface area contributed by atoms with Crippen LogP contribution in [0.25, 0.3) is 0 Å². The summed E-state index contributed by atoms with van der Waals surface area (Å²) in [5.41, 5.74) is -0.347. The molecule has 1 fully saturated rings. The van der Waals surface area contributed by atoms with Gasteiger partial charge in [-0.25, -0.2) is 0 Å². The molecular formula is C13H18N2S. The molecule has 0 saturated heterocycles. The maximum atomic E-state index is 9.37. The lowest BCUT2D eigenvalue weighted by Gasteiger charge is -2.29. The van der Waals surface area contributed by atoms with E-state index in [1.807, 2.05) is 0 Å². The summed E-state index contributed by atoms with van der Waals surface area (Å²) < 4.78 is 0. The molecule has 1 heterocycles. The Morgan fingerprint density at radius 2 is 2.31 bits per heavy atom. The van der Waals surface area contributed by atoms with Crippen molar-refractivity contribution in [1.82, 2.24) is 5.32 Å². The molecule has 0 spiro atoms. The van der Waals surface area contributed by atoms with Crippen LogP contribution < -0.4 is 5.32 Å². The fourth-order valence-corrected chi connectivity index (χ4v) is 3.11. The summed E-state index contributed by atoms with van der Waals surface area (Å²) >= 11 is 1.74. The average molecular weight is 234 g/mol. The first-order valence-corrected chi connectivity index (χ1v) is 6.81. The molecular weight excluding hydrogens is 216 g/mol. The molecule has 2 rings (SSSR count). The lowest BCUT2D eigenvalue weighted by molar-refractivity contribution is 0.300. The van der Waals surface area contributed by atoms with E-state index in [-0.39, 0.29) is 5.54 Å². The molecule has 0 aliphatic heterocycles. The SMILES string of the molecule is CC(C#N)(NCc1cccs1)C1CCCC1. The zero-order valence-electron chi connectivity index (χ0n) is 9.70. The first-order chi connectivity index (χ1) is 7.74. The van der Waals surface area contributed by atoms with Crippen LogP contribution in [0.4, 0.5) is 0 Å².